The summed E-state index contributed by atoms with van der Waals surface area (Å²) in [6.45, 7) is 4.95. The number of anilines is 1. The standard InChI is InChI=1S/C15H19N3OS/c1-4-16-14-13(19-3)15(18-10-17-14)20-9-12-8-6-5-7-11(12)2/h5-8,10H,4,9H2,1-3H3,(H,16,17,18). The Morgan fingerprint density at radius 2 is 2.05 bits per heavy atom. The van der Waals surface area contributed by atoms with Gasteiger partial charge in [0, 0.05) is 12.3 Å². The Morgan fingerprint density at radius 1 is 1.25 bits per heavy atom. The van der Waals surface area contributed by atoms with Gasteiger partial charge in [0.15, 0.2) is 11.6 Å². The van der Waals surface area contributed by atoms with E-state index in [1.807, 2.05) is 6.92 Å². The summed E-state index contributed by atoms with van der Waals surface area (Å²) < 4.78 is 5.44. The van der Waals surface area contributed by atoms with Crippen molar-refractivity contribution in [2.75, 3.05) is 19.0 Å². The van der Waals surface area contributed by atoms with E-state index in [0.29, 0.717) is 5.75 Å². The molecule has 1 aromatic heterocycles. The van der Waals surface area contributed by atoms with Gasteiger partial charge in [0.25, 0.3) is 0 Å². The van der Waals surface area contributed by atoms with Crippen LogP contribution in [0.3, 0.4) is 0 Å². The van der Waals surface area contributed by atoms with E-state index in [0.717, 1.165) is 23.1 Å². The quantitative estimate of drug-likeness (QED) is 0.651. The number of nitrogens with zero attached hydrogens (tertiary/aromatic N) is 2. The molecule has 0 bridgehead atoms. The van der Waals surface area contributed by atoms with Gasteiger partial charge in [-0.05, 0) is 25.0 Å². The van der Waals surface area contributed by atoms with Crippen LogP contribution in [0.4, 0.5) is 5.82 Å². The Morgan fingerprint density at radius 3 is 2.75 bits per heavy atom. The number of aromatic nitrogens is 2. The van der Waals surface area contributed by atoms with Crippen molar-refractivity contribution in [1.29, 1.82) is 0 Å². The summed E-state index contributed by atoms with van der Waals surface area (Å²) in [5, 5.41) is 4.05. The zero-order valence-electron chi connectivity index (χ0n) is 12.0. The molecule has 0 fully saturated rings. The minimum atomic E-state index is 0.716. The average Bonchev–Trinajstić information content (AvgIpc) is 2.47. The molecule has 0 aliphatic rings. The van der Waals surface area contributed by atoms with Crippen LogP contribution in [-0.4, -0.2) is 23.6 Å². The van der Waals surface area contributed by atoms with E-state index in [9.17, 15) is 0 Å². The highest BCUT2D eigenvalue weighted by molar-refractivity contribution is 7.98. The molecule has 2 rings (SSSR count). The number of thioether (sulfide) groups is 1. The zero-order valence-corrected chi connectivity index (χ0v) is 12.8. The van der Waals surface area contributed by atoms with E-state index < -0.39 is 0 Å². The van der Waals surface area contributed by atoms with E-state index in [4.69, 9.17) is 4.74 Å². The second kappa shape index (κ2) is 7.14. The van der Waals surface area contributed by atoms with Crippen LogP contribution in [0.15, 0.2) is 35.6 Å². The molecule has 2 aromatic rings. The molecule has 106 valence electrons. The van der Waals surface area contributed by atoms with Crippen molar-refractivity contribution in [3.05, 3.63) is 41.7 Å². The molecular formula is C15H19N3OS. The first-order chi connectivity index (χ1) is 9.76. The Balaban J connectivity index is 2.17. The van der Waals surface area contributed by atoms with Gasteiger partial charge < -0.3 is 10.1 Å². The highest BCUT2D eigenvalue weighted by Crippen LogP contribution is 2.34. The third-order valence-corrected chi connectivity index (χ3v) is 3.96. The van der Waals surface area contributed by atoms with Gasteiger partial charge >= 0.3 is 0 Å². The maximum Gasteiger partial charge on any atom is 0.193 e. The molecule has 0 unspecified atom stereocenters. The number of benzene rings is 1. The second-order valence-corrected chi connectivity index (χ2v) is 5.27. The fraction of sp³-hybridized carbons (Fsp3) is 0.333. The molecule has 1 N–H and O–H groups in total. The smallest absolute Gasteiger partial charge is 0.193 e. The molecule has 4 nitrogen and oxygen atoms in total. The number of hydrogen-bond donors (Lipinski definition) is 1. The Hall–Kier alpha value is -1.75. The molecule has 0 saturated heterocycles. The van der Waals surface area contributed by atoms with Gasteiger partial charge in [0.1, 0.15) is 11.4 Å². The lowest BCUT2D eigenvalue weighted by molar-refractivity contribution is 0.400. The molecule has 0 amide bonds. The van der Waals surface area contributed by atoms with Gasteiger partial charge in [0.05, 0.1) is 7.11 Å². The minimum absolute atomic E-state index is 0.716. The summed E-state index contributed by atoms with van der Waals surface area (Å²) in [7, 11) is 1.65. The molecule has 20 heavy (non-hydrogen) atoms. The zero-order chi connectivity index (χ0) is 14.4. The number of rotatable bonds is 6. The predicted octanol–water partition coefficient (Wildman–Crippen LogP) is 3.52. The van der Waals surface area contributed by atoms with Crippen molar-refractivity contribution in [3.8, 4) is 5.75 Å². The number of nitrogens with one attached hydrogen (secondary N) is 1. The first-order valence-corrected chi connectivity index (χ1v) is 7.55. The lowest BCUT2D eigenvalue weighted by Crippen LogP contribution is -2.04. The van der Waals surface area contributed by atoms with Crippen molar-refractivity contribution >= 4 is 17.6 Å². The monoisotopic (exact) mass is 289 g/mol. The first kappa shape index (κ1) is 14.7. The molecule has 0 radical (unpaired) electrons. The summed E-state index contributed by atoms with van der Waals surface area (Å²) >= 11 is 1.66. The van der Waals surface area contributed by atoms with Crippen LogP contribution < -0.4 is 10.1 Å². The van der Waals surface area contributed by atoms with Crippen molar-refractivity contribution in [2.24, 2.45) is 0 Å². The topological polar surface area (TPSA) is 47.0 Å². The van der Waals surface area contributed by atoms with Gasteiger partial charge in [-0.15, -0.1) is 0 Å². The summed E-state index contributed by atoms with van der Waals surface area (Å²) in [6.07, 6.45) is 1.57. The third kappa shape index (κ3) is 3.42. The number of aryl methyl sites for hydroxylation is 1. The lowest BCUT2D eigenvalue weighted by Gasteiger charge is -2.12. The Labute approximate surface area is 124 Å². The third-order valence-electron chi connectivity index (χ3n) is 2.95. The van der Waals surface area contributed by atoms with E-state index in [-0.39, 0.29) is 0 Å². The summed E-state index contributed by atoms with van der Waals surface area (Å²) in [5.74, 6) is 2.33. The number of methoxy groups -OCH3 is 1. The fourth-order valence-electron chi connectivity index (χ4n) is 1.86. The van der Waals surface area contributed by atoms with Crippen LogP contribution in [-0.2, 0) is 5.75 Å². The SMILES string of the molecule is CCNc1ncnc(SCc2ccccc2C)c1OC. The molecule has 1 heterocycles. The van der Waals surface area contributed by atoms with Crippen molar-refractivity contribution in [1.82, 2.24) is 9.97 Å². The molecule has 0 saturated carbocycles. The maximum atomic E-state index is 5.44. The van der Waals surface area contributed by atoms with Crippen LogP contribution in [0.2, 0.25) is 0 Å². The van der Waals surface area contributed by atoms with Gasteiger partial charge in [-0.25, -0.2) is 9.97 Å². The van der Waals surface area contributed by atoms with Crippen molar-refractivity contribution in [3.63, 3.8) is 0 Å². The van der Waals surface area contributed by atoms with Crippen molar-refractivity contribution in [2.45, 2.75) is 24.6 Å². The molecule has 1 aromatic carbocycles. The minimum Gasteiger partial charge on any atom is -0.490 e. The van der Waals surface area contributed by atoms with Crippen LogP contribution in [0.5, 0.6) is 5.75 Å². The van der Waals surface area contributed by atoms with E-state index >= 15 is 0 Å². The molecule has 0 aliphatic heterocycles. The molecule has 0 atom stereocenters. The molecular weight excluding hydrogens is 270 g/mol. The average molecular weight is 289 g/mol. The van der Waals surface area contributed by atoms with Gasteiger partial charge in [-0.1, -0.05) is 36.0 Å². The highest BCUT2D eigenvalue weighted by atomic mass is 32.2. The van der Waals surface area contributed by atoms with Crippen LogP contribution >= 0.6 is 11.8 Å². The first-order valence-electron chi connectivity index (χ1n) is 6.56. The van der Waals surface area contributed by atoms with Crippen LogP contribution in [0.25, 0.3) is 0 Å². The second-order valence-electron chi connectivity index (χ2n) is 4.31. The number of hydrogen-bond acceptors (Lipinski definition) is 5. The Bertz CT molecular complexity index is 575. The van der Waals surface area contributed by atoms with Gasteiger partial charge in [-0.3, -0.25) is 0 Å². The van der Waals surface area contributed by atoms with Crippen LogP contribution in [0, 0.1) is 6.92 Å². The van der Waals surface area contributed by atoms with Crippen LogP contribution in [0.1, 0.15) is 18.1 Å². The molecule has 0 aliphatic carbocycles. The highest BCUT2D eigenvalue weighted by Gasteiger charge is 2.12. The summed E-state index contributed by atoms with van der Waals surface area (Å²) in [6, 6.07) is 8.38. The van der Waals surface area contributed by atoms with Gasteiger partial charge in [0.2, 0.25) is 0 Å². The normalized spacial score (nSPS) is 10.3. The lowest BCUT2D eigenvalue weighted by atomic mass is 10.1. The predicted molar refractivity (Wildman–Crippen MR) is 83.5 cm³/mol. The Kier molecular flexibility index (Phi) is 5.24. The fourth-order valence-corrected chi connectivity index (χ4v) is 2.90. The largest absolute Gasteiger partial charge is 0.490 e. The number of ether oxygens (including phenoxy) is 1. The summed E-state index contributed by atoms with van der Waals surface area (Å²) in [5.41, 5.74) is 2.60. The van der Waals surface area contributed by atoms with Crippen molar-refractivity contribution < 1.29 is 4.74 Å². The molecule has 5 heteroatoms. The van der Waals surface area contributed by atoms with E-state index in [1.165, 1.54) is 11.1 Å². The van der Waals surface area contributed by atoms with E-state index in [2.05, 4.69) is 46.5 Å². The van der Waals surface area contributed by atoms with E-state index in [1.54, 1.807) is 25.2 Å². The maximum absolute atomic E-state index is 5.44. The summed E-state index contributed by atoms with van der Waals surface area (Å²) in [4.78, 5) is 8.54. The van der Waals surface area contributed by atoms with Gasteiger partial charge in [-0.2, -0.15) is 0 Å². The molecule has 0 spiro atoms.